The van der Waals surface area contributed by atoms with E-state index >= 15 is 0 Å². The Hall–Kier alpha value is -2.14. The average Bonchev–Trinajstić information content (AvgIpc) is 2.26. The van der Waals surface area contributed by atoms with Gasteiger partial charge in [-0.25, -0.2) is 5.48 Å². The highest BCUT2D eigenvalue weighted by atomic mass is 16.5. The number of amides is 2. The molecule has 0 aliphatic heterocycles. The first kappa shape index (κ1) is 10.9. The second-order valence-electron chi connectivity index (χ2n) is 2.80. The van der Waals surface area contributed by atoms with E-state index in [2.05, 4.69) is 0 Å². The Morgan fingerprint density at radius 1 is 1.27 bits per heavy atom. The standard InChI is InChI=1S/C10H10N2O3/c11-10(14)8-4-1-7(2-5-8)3-6-9(13)12-15/h1-6,15H,(H2,11,14)(H,12,13). The molecule has 1 rings (SSSR count). The summed E-state index contributed by atoms with van der Waals surface area (Å²) in [7, 11) is 0. The van der Waals surface area contributed by atoms with Crippen molar-refractivity contribution in [3.05, 3.63) is 41.5 Å². The van der Waals surface area contributed by atoms with E-state index in [0.717, 1.165) is 5.56 Å². The van der Waals surface area contributed by atoms with Crippen LogP contribution in [0.5, 0.6) is 0 Å². The van der Waals surface area contributed by atoms with Crippen molar-refractivity contribution < 1.29 is 14.8 Å². The van der Waals surface area contributed by atoms with Crippen molar-refractivity contribution in [1.29, 1.82) is 0 Å². The highest BCUT2D eigenvalue weighted by Gasteiger charge is 1.98. The zero-order valence-corrected chi connectivity index (χ0v) is 7.81. The van der Waals surface area contributed by atoms with Gasteiger partial charge in [-0.05, 0) is 23.8 Å². The van der Waals surface area contributed by atoms with Gasteiger partial charge in [-0.2, -0.15) is 0 Å². The molecule has 2 amide bonds. The first-order valence-electron chi connectivity index (χ1n) is 4.15. The van der Waals surface area contributed by atoms with Crippen molar-refractivity contribution in [1.82, 2.24) is 5.48 Å². The smallest absolute Gasteiger partial charge is 0.267 e. The molecule has 0 bridgehead atoms. The quantitative estimate of drug-likeness (QED) is 0.377. The van der Waals surface area contributed by atoms with Crippen LogP contribution in [0.25, 0.3) is 6.08 Å². The van der Waals surface area contributed by atoms with Gasteiger partial charge in [0.2, 0.25) is 5.91 Å². The summed E-state index contributed by atoms with van der Waals surface area (Å²) >= 11 is 0. The first-order chi connectivity index (χ1) is 7.13. The van der Waals surface area contributed by atoms with Crippen molar-refractivity contribution in [3.8, 4) is 0 Å². The van der Waals surface area contributed by atoms with Crippen molar-refractivity contribution >= 4 is 17.9 Å². The number of primary amides is 1. The highest BCUT2D eigenvalue weighted by Crippen LogP contribution is 2.05. The van der Waals surface area contributed by atoms with Crippen molar-refractivity contribution in [2.75, 3.05) is 0 Å². The van der Waals surface area contributed by atoms with Gasteiger partial charge in [0, 0.05) is 11.6 Å². The summed E-state index contributed by atoms with van der Waals surface area (Å²) in [6.45, 7) is 0. The molecule has 0 aromatic heterocycles. The molecule has 15 heavy (non-hydrogen) atoms. The Balaban J connectivity index is 2.77. The van der Waals surface area contributed by atoms with E-state index in [-0.39, 0.29) is 0 Å². The predicted molar refractivity (Wildman–Crippen MR) is 53.9 cm³/mol. The van der Waals surface area contributed by atoms with E-state index in [4.69, 9.17) is 10.9 Å². The molecule has 0 aliphatic rings. The number of nitrogens with one attached hydrogen (secondary N) is 1. The van der Waals surface area contributed by atoms with Gasteiger partial charge in [0.1, 0.15) is 0 Å². The molecule has 0 fully saturated rings. The number of carbonyl (C=O) groups is 2. The maximum Gasteiger partial charge on any atom is 0.267 e. The van der Waals surface area contributed by atoms with Crippen LogP contribution < -0.4 is 11.2 Å². The highest BCUT2D eigenvalue weighted by molar-refractivity contribution is 5.93. The monoisotopic (exact) mass is 206 g/mol. The Labute approximate surface area is 86.2 Å². The molecule has 0 radical (unpaired) electrons. The van der Waals surface area contributed by atoms with E-state index in [1.165, 1.54) is 17.6 Å². The molecule has 5 nitrogen and oxygen atoms in total. The van der Waals surface area contributed by atoms with Crippen LogP contribution in [-0.2, 0) is 4.79 Å². The fraction of sp³-hybridized carbons (Fsp3) is 0. The summed E-state index contributed by atoms with van der Waals surface area (Å²) in [4.78, 5) is 21.4. The van der Waals surface area contributed by atoms with Crippen molar-refractivity contribution in [3.63, 3.8) is 0 Å². The molecule has 0 atom stereocenters. The van der Waals surface area contributed by atoms with Gasteiger partial charge < -0.3 is 5.73 Å². The third kappa shape index (κ3) is 3.24. The fourth-order valence-corrected chi connectivity index (χ4v) is 0.968. The lowest BCUT2D eigenvalue weighted by atomic mass is 10.1. The molecule has 0 aliphatic carbocycles. The second-order valence-corrected chi connectivity index (χ2v) is 2.80. The van der Waals surface area contributed by atoms with Gasteiger partial charge >= 0.3 is 0 Å². The van der Waals surface area contributed by atoms with Crippen LogP contribution in [0.15, 0.2) is 30.3 Å². The van der Waals surface area contributed by atoms with Gasteiger partial charge in [0.25, 0.3) is 5.91 Å². The maximum absolute atomic E-state index is 10.7. The minimum absolute atomic E-state index is 0.402. The third-order valence-corrected chi connectivity index (χ3v) is 1.73. The summed E-state index contributed by atoms with van der Waals surface area (Å²) in [6, 6.07) is 6.39. The number of rotatable bonds is 3. The van der Waals surface area contributed by atoms with Crippen LogP contribution in [0.4, 0.5) is 0 Å². The van der Waals surface area contributed by atoms with Crippen LogP contribution >= 0.6 is 0 Å². The molecular weight excluding hydrogens is 196 g/mol. The molecule has 0 saturated heterocycles. The lowest BCUT2D eigenvalue weighted by Gasteiger charge is -1.96. The van der Waals surface area contributed by atoms with E-state index in [1.807, 2.05) is 0 Å². The Bertz CT molecular complexity index is 396. The Morgan fingerprint density at radius 3 is 2.33 bits per heavy atom. The molecule has 0 heterocycles. The average molecular weight is 206 g/mol. The van der Waals surface area contributed by atoms with Crippen molar-refractivity contribution in [2.24, 2.45) is 5.73 Å². The lowest BCUT2D eigenvalue weighted by molar-refractivity contribution is -0.124. The molecule has 0 saturated carbocycles. The van der Waals surface area contributed by atoms with Crippen molar-refractivity contribution in [2.45, 2.75) is 0 Å². The van der Waals surface area contributed by atoms with Crippen LogP contribution in [-0.4, -0.2) is 17.0 Å². The van der Waals surface area contributed by atoms with Gasteiger partial charge in [-0.3, -0.25) is 14.8 Å². The summed E-state index contributed by atoms with van der Waals surface area (Å²) in [5, 5.41) is 8.22. The SMILES string of the molecule is NC(=O)c1ccc(C=CC(=O)NO)cc1. The summed E-state index contributed by atoms with van der Waals surface area (Å²) in [6.07, 6.45) is 2.66. The van der Waals surface area contributed by atoms with Gasteiger partial charge in [-0.15, -0.1) is 0 Å². The number of hydrogen-bond donors (Lipinski definition) is 3. The molecule has 1 aromatic carbocycles. The molecule has 4 N–H and O–H groups in total. The topological polar surface area (TPSA) is 92.4 Å². The van der Waals surface area contributed by atoms with E-state index in [9.17, 15) is 9.59 Å². The fourth-order valence-electron chi connectivity index (χ4n) is 0.968. The number of benzene rings is 1. The molecule has 5 heteroatoms. The Kier molecular flexibility index (Phi) is 3.59. The number of carbonyl (C=O) groups excluding carboxylic acids is 2. The largest absolute Gasteiger partial charge is 0.366 e. The summed E-state index contributed by atoms with van der Waals surface area (Å²) < 4.78 is 0. The number of hydroxylamine groups is 1. The van der Waals surface area contributed by atoms with Crippen LogP contribution in [0, 0.1) is 0 Å². The Morgan fingerprint density at radius 2 is 1.87 bits per heavy atom. The zero-order valence-electron chi connectivity index (χ0n) is 7.81. The number of hydrogen-bond acceptors (Lipinski definition) is 3. The van der Waals surface area contributed by atoms with E-state index < -0.39 is 11.8 Å². The second kappa shape index (κ2) is 4.92. The minimum Gasteiger partial charge on any atom is -0.366 e. The summed E-state index contributed by atoms with van der Waals surface area (Å²) in [5.74, 6) is -1.12. The maximum atomic E-state index is 10.7. The van der Waals surface area contributed by atoms with E-state index in [0.29, 0.717) is 5.56 Å². The van der Waals surface area contributed by atoms with Gasteiger partial charge in [0.05, 0.1) is 0 Å². The molecule has 0 unspecified atom stereocenters. The molecular formula is C10H10N2O3. The normalized spacial score (nSPS) is 10.2. The minimum atomic E-state index is -0.617. The number of nitrogens with two attached hydrogens (primary N) is 1. The molecule has 1 aromatic rings. The lowest BCUT2D eigenvalue weighted by Crippen LogP contribution is -2.14. The zero-order chi connectivity index (χ0) is 11.3. The first-order valence-corrected chi connectivity index (χ1v) is 4.15. The van der Waals surface area contributed by atoms with Gasteiger partial charge in [0.15, 0.2) is 0 Å². The summed E-state index contributed by atoms with van der Waals surface area (Å²) in [5.41, 5.74) is 7.65. The van der Waals surface area contributed by atoms with Crippen LogP contribution in [0.3, 0.4) is 0 Å². The predicted octanol–water partition coefficient (Wildman–Crippen LogP) is 0.304. The third-order valence-electron chi connectivity index (χ3n) is 1.73. The van der Waals surface area contributed by atoms with E-state index in [1.54, 1.807) is 24.3 Å². The molecule has 78 valence electrons. The van der Waals surface area contributed by atoms with Crippen LogP contribution in [0.1, 0.15) is 15.9 Å². The van der Waals surface area contributed by atoms with Crippen LogP contribution in [0.2, 0.25) is 0 Å². The van der Waals surface area contributed by atoms with Gasteiger partial charge in [-0.1, -0.05) is 12.1 Å². The molecule has 0 spiro atoms.